The SMILES string of the molecule is CC(C(=O)O)C1(C)CC(=O)Nc2ccccc2C1. The van der Waals surface area contributed by atoms with Gasteiger partial charge in [-0.25, -0.2) is 0 Å². The molecule has 2 N–H and O–H groups in total. The highest BCUT2D eigenvalue weighted by atomic mass is 16.4. The maximum absolute atomic E-state index is 11.9. The summed E-state index contributed by atoms with van der Waals surface area (Å²) in [5.41, 5.74) is 1.24. The summed E-state index contributed by atoms with van der Waals surface area (Å²) in [6, 6.07) is 7.56. The number of amides is 1. The molecule has 0 spiro atoms. The first kappa shape index (κ1) is 12.6. The van der Waals surface area contributed by atoms with Crippen LogP contribution in [0.25, 0.3) is 0 Å². The number of hydrogen-bond donors (Lipinski definition) is 2. The molecule has 0 aliphatic carbocycles. The highest BCUT2D eigenvalue weighted by Crippen LogP contribution is 2.39. The molecule has 1 aromatic carbocycles. The zero-order chi connectivity index (χ0) is 13.3. The van der Waals surface area contributed by atoms with Gasteiger partial charge in [-0.15, -0.1) is 0 Å². The average molecular weight is 247 g/mol. The fourth-order valence-corrected chi connectivity index (χ4v) is 2.46. The number of nitrogens with one attached hydrogen (secondary N) is 1. The van der Waals surface area contributed by atoms with Gasteiger partial charge in [0.2, 0.25) is 5.91 Å². The third kappa shape index (κ3) is 2.23. The van der Waals surface area contributed by atoms with Crippen molar-refractivity contribution in [3.63, 3.8) is 0 Å². The molecule has 0 saturated heterocycles. The van der Waals surface area contributed by atoms with E-state index in [2.05, 4.69) is 5.32 Å². The van der Waals surface area contributed by atoms with Crippen molar-refractivity contribution in [3.05, 3.63) is 29.8 Å². The number of anilines is 1. The maximum atomic E-state index is 11.9. The second-order valence-electron chi connectivity index (χ2n) is 5.27. The largest absolute Gasteiger partial charge is 0.481 e. The Kier molecular flexibility index (Phi) is 3.11. The van der Waals surface area contributed by atoms with Crippen LogP contribution in [-0.4, -0.2) is 17.0 Å². The Morgan fingerprint density at radius 2 is 2.06 bits per heavy atom. The van der Waals surface area contributed by atoms with Crippen molar-refractivity contribution < 1.29 is 14.7 Å². The van der Waals surface area contributed by atoms with Crippen LogP contribution in [-0.2, 0) is 16.0 Å². The summed E-state index contributed by atoms with van der Waals surface area (Å²) in [6.07, 6.45) is 0.824. The van der Waals surface area contributed by atoms with E-state index in [0.717, 1.165) is 11.3 Å². The van der Waals surface area contributed by atoms with Crippen molar-refractivity contribution in [1.82, 2.24) is 0 Å². The van der Waals surface area contributed by atoms with Crippen LogP contribution >= 0.6 is 0 Å². The molecular formula is C14H17NO3. The molecule has 0 aromatic heterocycles. The summed E-state index contributed by atoms with van der Waals surface area (Å²) in [5.74, 6) is -1.53. The van der Waals surface area contributed by atoms with E-state index in [9.17, 15) is 14.7 Å². The minimum Gasteiger partial charge on any atom is -0.481 e. The van der Waals surface area contributed by atoms with Gasteiger partial charge in [0.15, 0.2) is 0 Å². The number of fused-ring (bicyclic) bond motifs is 1. The molecule has 1 heterocycles. The monoisotopic (exact) mass is 247 g/mol. The molecule has 18 heavy (non-hydrogen) atoms. The maximum Gasteiger partial charge on any atom is 0.306 e. The van der Waals surface area contributed by atoms with Crippen molar-refractivity contribution >= 4 is 17.6 Å². The van der Waals surface area contributed by atoms with Gasteiger partial charge in [0.25, 0.3) is 0 Å². The highest BCUT2D eigenvalue weighted by molar-refractivity contribution is 5.93. The summed E-state index contributed by atoms with van der Waals surface area (Å²) >= 11 is 0. The molecule has 96 valence electrons. The number of carboxylic acid groups (broad SMARTS) is 1. The van der Waals surface area contributed by atoms with Crippen molar-refractivity contribution in [2.45, 2.75) is 26.7 Å². The van der Waals surface area contributed by atoms with Gasteiger partial charge in [-0.1, -0.05) is 32.0 Å². The van der Waals surface area contributed by atoms with Crippen LogP contribution in [0, 0.1) is 11.3 Å². The van der Waals surface area contributed by atoms with E-state index < -0.39 is 17.3 Å². The van der Waals surface area contributed by atoms with Crippen molar-refractivity contribution in [3.8, 4) is 0 Å². The lowest BCUT2D eigenvalue weighted by atomic mass is 9.71. The normalized spacial score (nSPS) is 24.7. The number of carboxylic acids is 1. The molecule has 0 fully saturated rings. The lowest BCUT2D eigenvalue weighted by Gasteiger charge is -2.31. The first-order chi connectivity index (χ1) is 8.42. The summed E-state index contributed by atoms with van der Waals surface area (Å²) in [7, 11) is 0. The number of carbonyl (C=O) groups is 2. The fraction of sp³-hybridized carbons (Fsp3) is 0.429. The topological polar surface area (TPSA) is 66.4 Å². The van der Waals surface area contributed by atoms with E-state index in [0.29, 0.717) is 6.42 Å². The van der Waals surface area contributed by atoms with Crippen LogP contribution in [0.1, 0.15) is 25.8 Å². The standard InChI is InChI=1S/C14H17NO3/c1-9(13(17)18)14(2)7-10-5-3-4-6-11(10)15-12(16)8-14/h3-6,9H,7-8H2,1-2H3,(H,15,16)(H,17,18). The van der Waals surface area contributed by atoms with Crippen LogP contribution in [0.5, 0.6) is 0 Å². The first-order valence-electron chi connectivity index (χ1n) is 6.03. The summed E-state index contributed by atoms with van der Waals surface area (Å²) in [5, 5.41) is 12.0. The molecule has 4 nitrogen and oxygen atoms in total. The number of aliphatic carboxylic acids is 1. The van der Waals surface area contributed by atoms with Gasteiger partial charge in [-0.3, -0.25) is 9.59 Å². The van der Waals surface area contributed by atoms with Crippen LogP contribution in [0.4, 0.5) is 5.69 Å². The van der Waals surface area contributed by atoms with E-state index in [1.54, 1.807) is 6.92 Å². The molecule has 1 aromatic rings. The first-order valence-corrected chi connectivity index (χ1v) is 6.03. The number of hydrogen-bond acceptors (Lipinski definition) is 2. The lowest BCUT2D eigenvalue weighted by molar-refractivity contribution is -0.146. The van der Waals surface area contributed by atoms with Gasteiger partial charge in [0, 0.05) is 12.1 Å². The minimum absolute atomic E-state index is 0.115. The second kappa shape index (κ2) is 4.44. The highest BCUT2D eigenvalue weighted by Gasteiger charge is 2.40. The number of benzene rings is 1. The molecule has 0 bridgehead atoms. The van der Waals surface area contributed by atoms with Crippen molar-refractivity contribution in [2.75, 3.05) is 5.32 Å². The Balaban J connectivity index is 2.41. The zero-order valence-electron chi connectivity index (χ0n) is 10.6. The number of carbonyl (C=O) groups excluding carboxylic acids is 1. The molecule has 1 aliphatic heterocycles. The van der Waals surface area contributed by atoms with Gasteiger partial charge in [0.05, 0.1) is 5.92 Å². The molecule has 1 aliphatic rings. The van der Waals surface area contributed by atoms with Gasteiger partial charge in [0.1, 0.15) is 0 Å². The minimum atomic E-state index is -0.857. The third-order valence-electron chi connectivity index (χ3n) is 3.87. The molecule has 4 heteroatoms. The zero-order valence-corrected chi connectivity index (χ0v) is 10.6. The summed E-state index contributed by atoms with van der Waals surface area (Å²) in [4.78, 5) is 23.1. The van der Waals surface area contributed by atoms with Gasteiger partial charge >= 0.3 is 5.97 Å². The second-order valence-corrected chi connectivity index (χ2v) is 5.27. The molecule has 1 amide bonds. The summed E-state index contributed by atoms with van der Waals surface area (Å²) in [6.45, 7) is 3.54. The smallest absolute Gasteiger partial charge is 0.306 e. The van der Waals surface area contributed by atoms with Crippen LogP contribution < -0.4 is 5.32 Å². The van der Waals surface area contributed by atoms with Crippen molar-refractivity contribution in [1.29, 1.82) is 0 Å². The molecule has 0 radical (unpaired) electrons. The quantitative estimate of drug-likeness (QED) is 0.842. The molecule has 2 unspecified atom stereocenters. The molecule has 2 rings (SSSR count). The number of para-hydroxylation sites is 1. The van der Waals surface area contributed by atoms with Gasteiger partial charge < -0.3 is 10.4 Å². The Morgan fingerprint density at radius 1 is 1.39 bits per heavy atom. The van der Waals surface area contributed by atoms with Gasteiger partial charge in [-0.2, -0.15) is 0 Å². The Hall–Kier alpha value is -1.84. The average Bonchev–Trinajstić information content (AvgIpc) is 2.42. The summed E-state index contributed by atoms with van der Waals surface area (Å²) < 4.78 is 0. The van der Waals surface area contributed by atoms with E-state index >= 15 is 0 Å². The lowest BCUT2D eigenvalue weighted by Crippen LogP contribution is -2.35. The van der Waals surface area contributed by atoms with E-state index in [4.69, 9.17) is 0 Å². The van der Waals surface area contributed by atoms with Crippen molar-refractivity contribution in [2.24, 2.45) is 11.3 Å². The predicted molar refractivity (Wildman–Crippen MR) is 68.3 cm³/mol. The van der Waals surface area contributed by atoms with Gasteiger partial charge in [-0.05, 0) is 23.5 Å². The molecular weight excluding hydrogens is 230 g/mol. The fourth-order valence-electron chi connectivity index (χ4n) is 2.46. The molecule has 0 saturated carbocycles. The third-order valence-corrected chi connectivity index (χ3v) is 3.87. The Morgan fingerprint density at radius 3 is 2.72 bits per heavy atom. The van der Waals surface area contributed by atoms with E-state index in [1.165, 1.54) is 0 Å². The van der Waals surface area contributed by atoms with E-state index in [1.807, 2.05) is 31.2 Å². The van der Waals surface area contributed by atoms with Crippen LogP contribution in [0.3, 0.4) is 0 Å². The van der Waals surface area contributed by atoms with Crippen LogP contribution in [0.15, 0.2) is 24.3 Å². The Bertz CT molecular complexity index is 498. The number of rotatable bonds is 2. The molecule has 2 atom stereocenters. The van der Waals surface area contributed by atoms with E-state index in [-0.39, 0.29) is 12.3 Å². The predicted octanol–water partition coefficient (Wildman–Crippen LogP) is 2.30. The Labute approximate surface area is 106 Å². The van der Waals surface area contributed by atoms with Crippen LogP contribution in [0.2, 0.25) is 0 Å².